The number of alkyl halides is 3. The van der Waals surface area contributed by atoms with Gasteiger partial charge in [0, 0.05) is 18.0 Å². The lowest BCUT2D eigenvalue weighted by Gasteiger charge is -2.18. The number of benzene rings is 2. The Morgan fingerprint density at radius 3 is 2.84 bits per heavy atom. The molecule has 0 spiro atoms. The van der Waals surface area contributed by atoms with Crippen LogP contribution in [0, 0.1) is 6.92 Å². The largest absolute Gasteiger partial charge is 0.483 e. The zero-order valence-electron chi connectivity index (χ0n) is 16.2. The summed E-state index contributed by atoms with van der Waals surface area (Å²) in [5.41, 5.74) is -0.320. The van der Waals surface area contributed by atoms with Crippen LogP contribution in [-0.4, -0.2) is 29.1 Å². The number of nitrogens with one attached hydrogen (secondary N) is 1. The van der Waals surface area contributed by atoms with Crippen LogP contribution >= 0.6 is 22.7 Å². The number of ether oxygens (including phenoxy) is 1. The molecular formula is C21H17F3N2O3S2. The zero-order chi connectivity index (χ0) is 22.2. The number of aliphatic hydroxyl groups is 1. The Bertz CT molecular complexity index is 1250. The number of halogens is 3. The number of carbonyl (C=O) groups excluding carboxylic acids is 1. The SMILES string of the molecule is Cc1nc2c(cc(OCC(=O)NCC(O)c3ccccc3C(F)(F)F)c3ccsc32)s1. The first-order chi connectivity index (χ1) is 14.7. The number of thiophene rings is 1. The van der Waals surface area contributed by atoms with E-state index in [0.29, 0.717) is 5.75 Å². The van der Waals surface area contributed by atoms with Gasteiger partial charge < -0.3 is 15.2 Å². The van der Waals surface area contributed by atoms with Crippen LogP contribution in [0.25, 0.3) is 20.3 Å². The molecular weight excluding hydrogens is 449 g/mol. The monoisotopic (exact) mass is 466 g/mol. The zero-order valence-corrected chi connectivity index (χ0v) is 17.8. The van der Waals surface area contributed by atoms with E-state index in [1.807, 2.05) is 24.4 Å². The third-order valence-corrected chi connectivity index (χ3v) is 6.48. The highest BCUT2D eigenvalue weighted by Gasteiger charge is 2.34. The minimum atomic E-state index is -4.59. The van der Waals surface area contributed by atoms with Crippen molar-refractivity contribution in [2.45, 2.75) is 19.2 Å². The van der Waals surface area contributed by atoms with Gasteiger partial charge in [-0.25, -0.2) is 4.98 Å². The minimum Gasteiger partial charge on any atom is -0.483 e. The van der Waals surface area contributed by atoms with Crippen molar-refractivity contribution in [2.75, 3.05) is 13.2 Å². The van der Waals surface area contributed by atoms with E-state index in [0.717, 1.165) is 31.4 Å². The van der Waals surface area contributed by atoms with Crippen LogP contribution in [0.3, 0.4) is 0 Å². The number of fused-ring (bicyclic) bond motifs is 3. The maximum atomic E-state index is 13.1. The standard InChI is InChI=1S/C21H17F3N2O3S2/c1-11-26-19-17(31-11)8-16(13-6-7-30-20(13)19)29-10-18(28)25-9-15(27)12-4-2-3-5-14(12)21(22,23)24/h2-8,15,27H,9-10H2,1H3,(H,25,28). The lowest BCUT2D eigenvalue weighted by atomic mass is 10.0. The molecule has 2 heterocycles. The fraction of sp³-hybridized carbons (Fsp3) is 0.238. The van der Waals surface area contributed by atoms with Crippen molar-refractivity contribution in [3.8, 4) is 5.75 Å². The molecule has 2 N–H and O–H groups in total. The van der Waals surface area contributed by atoms with Gasteiger partial charge in [0.15, 0.2) is 6.61 Å². The minimum absolute atomic E-state index is 0.290. The Hall–Kier alpha value is -2.69. The van der Waals surface area contributed by atoms with Crippen LogP contribution in [0.1, 0.15) is 22.2 Å². The van der Waals surface area contributed by atoms with Crippen LogP contribution < -0.4 is 10.1 Å². The summed E-state index contributed by atoms with van der Waals surface area (Å²) in [6.45, 7) is 1.22. The Morgan fingerprint density at radius 1 is 1.29 bits per heavy atom. The van der Waals surface area contributed by atoms with Gasteiger partial charge in [0.1, 0.15) is 5.75 Å². The second-order valence-corrected chi connectivity index (χ2v) is 8.96. The average Bonchev–Trinajstić information content (AvgIpc) is 3.35. The summed E-state index contributed by atoms with van der Waals surface area (Å²) in [5, 5.41) is 16.3. The first-order valence-corrected chi connectivity index (χ1v) is 10.9. The van der Waals surface area contributed by atoms with Crippen molar-refractivity contribution < 1.29 is 27.8 Å². The van der Waals surface area contributed by atoms with E-state index in [2.05, 4.69) is 10.3 Å². The van der Waals surface area contributed by atoms with E-state index in [1.54, 1.807) is 0 Å². The van der Waals surface area contributed by atoms with Gasteiger partial charge in [0.2, 0.25) is 0 Å². The molecule has 0 aliphatic carbocycles. The maximum absolute atomic E-state index is 13.1. The van der Waals surface area contributed by atoms with Gasteiger partial charge in [-0.3, -0.25) is 4.79 Å². The Kier molecular flexibility index (Phi) is 5.87. The van der Waals surface area contributed by atoms with Crippen LogP contribution in [0.5, 0.6) is 5.75 Å². The summed E-state index contributed by atoms with van der Waals surface area (Å²) in [6, 6.07) is 8.46. The summed E-state index contributed by atoms with van der Waals surface area (Å²) >= 11 is 3.06. The van der Waals surface area contributed by atoms with Crippen LogP contribution in [0.2, 0.25) is 0 Å². The maximum Gasteiger partial charge on any atom is 0.416 e. The molecule has 0 saturated carbocycles. The Morgan fingerprint density at radius 2 is 2.06 bits per heavy atom. The number of amides is 1. The molecule has 1 unspecified atom stereocenters. The molecule has 162 valence electrons. The van der Waals surface area contributed by atoms with Crippen LogP contribution in [0.15, 0.2) is 41.8 Å². The molecule has 0 radical (unpaired) electrons. The molecule has 5 nitrogen and oxygen atoms in total. The number of carbonyl (C=O) groups is 1. The van der Waals surface area contributed by atoms with E-state index in [1.165, 1.54) is 40.9 Å². The first-order valence-electron chi connectivity index (χ1n) is 9.25. The highest BCUT2D eigenvalue weighted by Crippen LogP contribution is 2.39. The van der Waals surface area contributed by atoms with Gasteiger partial charge in [0.25, 0.3) is 5.91 Å². The molecule has 10 heteroatoms. The van der Waals surface area contributed by atoms with Gasteiger partial charge in [-0.05, 0) is 30.0 Å². The van der Waals surface area contributed by atoms with Crippen LogP contribution in [0.4, 0.5) is 13.2 Å². The Balaban J connectivity index is 1.42. The summed E-state index contributed by atoms with van der Waals surface area (Å²) in [4.78, 5) is 16.7. The number of aryl methyl sites for hydroxylation is 1. The van der Waals surface area contributed by atoms with Crippen molar-refractivity contribution in [1.29, 1.82) is 0 Å². The predicted octanol–water partition coefficient (Wildman–Crippen LogP) is 5.07. The van der Waals surface area contributed by atoms with Crippen molar-refractivity contribution >= 4 is 48.9 Å². The summed E-state index contributed by atoms with van der Waals surface area (Å²) in [5.74, 6) is -0.0157. The molecule has 2 aromatic heterocycles. The van der Waals surface area contributed by atoms with E-state index < -0.39 is 23.8 Å². The molecule has 1 amide bonds. The number of thiazole rings is 1. The highest BCUT2D eigenvalue weighted by molar-refractivity contribution is 7.21. The average molecular weight is 467 g/mol. The molecule has 31 heavy (non-hydrogen) atoms. The quantitative estimate of drug-likeness (QED) is 0.416. The molecule has 0 aliphatic rings. The van der Waals surface area contributed by atoms with E-state index >= 15 is 0 Å². The first kappa shape index (κ1) is 21.5. The van der Waals surface area contributed by atoms with Crippen molar-refractivity contribution in [3.05, 3.63) is 57.9 Å². The molecule has 4 rings (SSSR count). The molecule has 1 atom stereocenters. The summed E-state index contributed by atoms with van der Waals surface area (Å²) in [6.07, 6.45) is -6.09. The van der Waals surface area contributed by atoms with E-state index in [9.17, 15) is 23.1 Å². The molecule has 0 saturated heterocycles. The van der Waals surface area contributed by atoms with E-state index in [4.69, 9.17) is 4.74 Å². The normalized spacial score (nSPS) is 12.9. The number of aliphatic hydroxyl groups excluding tert-OH is 1. The second-order valence-electron chi connectivity index (χ2n) is 6.81. The number of hydrogen-bond acceptors (Lipinski definition) is 6. The fourth-order valence-corrected chi connectivity index (χ4v) is 5.10. The molecule has 2 aromatic carbocycles. The molecule has 0 aliphatic heterocycles. The molecule has 4 aromatic rings. The number of nitrogens with zero attached hydrogens (tertiary/aromatic N) is 1. The topological polar surface area (TPSA) is 71.5 Å². The van der Waals surface area contributed by atoms with Gasteiger partial charge in [-0.2, -0.15) is 13.2 Å². The number of hydrogen-bond donors (Lipinski definition) is 2. The van der Waals surface area contributed by atoms with Crippen molar-refractivity contribution in [1.82, 2.24) is 10.3 Å². The summed E-state index contributed by atoms with van der Waals surface area (Å²) in [7, 11) is 0. The van der Waals surface area contributed by atoms with Crippen LogP contribution in [-0.2, 0) is 11.0 Å². The Labute approximate surface area is 183 Å². The second kappa shape index (κ2) is 8.45. The highest BCUT2D eigenvalue weighted by atomic mass is 32.1. The van der Waals surface area contributed by atoms with Gasteiger partial charge in [-0.1, -0.05) is 18.2 Å². The number of aromatic nitrogens is 1. The summed E-state index contributed by atoms with van der Waals surface area (Å²) < 4.78 is 46.9. The van der Waals surface area contributed by atoms with Crippen molar-refractivity contribution in [2.24, 2.45) is 0 Å². The lowest BCUT2D eigenvalue weighted by Crippen LogP contribution is -2.33. The third kappa shape index (κ3) is 4.51. The predicted molar refractivity (Wildman–Crippen MR) is 115 cm³/mol. The number of rotatable bonds is 6. The smallest absolute Gasteiger partial charge is 0.416 e. The molecule has 0 fully saturated rings. The van der Waals surface area contributed by atoms with Crippen molar-refractivity contribution in [3.63, 3.8) is 0 Å². The fourth-order valence-electron chi connectivity index (χ4n) is 3.27. The van der Waals surface area contributed by atoms with Gasteiger partial charge in [-0.15, -0.1) is 22.7 Å². The lowest BCUT2D eigenvalue weighted by molar-refractivity contribution is -0.139. The third-order valence-electron chi connectivity index (χ3n) is 4.64. The van der Waals surface area contributed by atoms with Gasteiger partial charge >= 0.3 is 6.18 Å². The molecule has 0 bridgehead atoms. The van der Waals surface area contributed by atoms with Gasteiger partial charge in [0.05, 0.1) is 31.6 Å². The van der Waals surface area contributed by atoms with E-state index in [-0.39, 0.29) is 18.7 Å².